The van der Waals surface area contributed by atoms with Gasteiger partial charge >= 0.3 is 0 Å². The number of pyridine rings is 1. The van der Waals surface area contributed by atoms with Crippen molar-refractivity contribution in [2.75, 3.05) is 13.1 Å². The summed E-state index contributed by atoms with van der Waals surface area (Å²) in [5.74, 6) is 0.916. The van der Waals surface area contributed by atoms with E-state index in [4.69, 9.17) is 5.73 Å². The van der Waals surface area contributed by atoms with Gasteiger partial charge in [-0.05, 0) is 62.3 Å². The second-order valence-electron chi connectivity index (χ2n) is 6.12. The van der Waals surface area contributed by atoms with Gasteiger partial charge in [0.1, 0.15) is 0 Å². The fourth-order valence-corrected chi connectivity index (χ4v) is 4.15. The summed E-state index contributed by atoms with van der Waals surface area (Å²) >= 11 is 0. The second-order valence-corrected chi connectivity index (χ2v) is 6.12. The molecule has 1 saturated carbocycles. The van der Waals surface area contributed by atoms with E-state index in [1.807, 2.05) is 12.4 Å². The second kappa shape index (κ2) is 5.59. The van der Waals surface area contributed by atoms with E-state index in [1.165, 1.54) is 49.8 Å². The molecule has 3 atom stereocenters. The van der Waals surface area contributed by atoms with Crippen molar-refractivity contribution in [3.05, 3.63) is 29.6 Å². The van der Waals surface area contributed by atoms with Crippen LogP contribution in [0.25, 0.3) is 0 Å². The van der Waals surface area contributed by atoms with E-state index >= 15 is 0 Å². The van der Waals surface area contributed by atoms with Gasteiger partial charge in [-0.25, -0.2) is 0 Å². The quantitative estimate of drug-likeness (QED) is 0.907. The fourth-order valence-electron chi connectivity index (χ4n) is 4.15. The van der Waals surface area contributed by atoms with Gasteiger partial charge in [-0.3, -0.25) is 9.88 Å². The van der Waals surface area contributed by atoms with Crippen molar-refractivity contribution in [3.8, 4) is 0 Å². The van der Waals surface area contributed by atoms with Crippen LogP contribution in [0.15, 0.2) is 18.5 Å². The molecule has 3 rings (SSSR count). The van der Waals surface area contributed by atoms with Gasteiger partial charge in [-0.2, -0.15) is 0 Å². The summed E-state index contributed by atoms with van der Waals surface area (Å²) in [7, 11) is 0. The Morgan fingerprint density at radius 2 is 2.21 bits per heavy atom. The maximum atomic E-state index is 6.12. The van der Waals surface area contributed by atoms with Gasteiger partial charge in [0.15, 0.2) is 0 Å². The maximum Gasteiger partial charge on any atom is 0.0491 e. The molecule has 2 aliphatic rings. The van der Waals surface area contributed by atoms with Gasteiger partial charge in [-0.15, -0.1) is 0 Å². The highest BCUT2D eigenvalue weighted by Crippen LogP contribution is 2.40. The zero-order valence-corrected chi connectivity index (χ0v) is 11.9. The van der Waals surface area contributed by atoms with Crippen LogP contribution in [0, 0.1) is 12.8 Å². The zero-order chi connectivity index (χ0) is 13.2. The minimum absolute atomic E-state index is 0.361. The molecule has 0 spiro atoms. The van der Waals surface area contributed by atoms with Crippen molar-refractivity contribution in [2.45, 2.75) is 51.1 Å². The van der Waals surface area contributed by atoms with Gasteiger partial charge < -0.3 is 5.73 Å². The molecule has 0 bridgehead atoms. The average molecular weight is 259 g/mol. The number of piperidine rings is 1. The van der Waals surface area contributed by atoms with Crippen LogP contribution >= 0.6 is 0 Å². The topological polar surface area (TPSA) is 42.1 Å². The Morgan fingerprint density at radius 3 is 3.00 bits per heavy atom. The number of rotatable bonds is 3. The van der Waals surface area contributed by atoms with Gasteiger partial charge in [-0.1, -0.05) is 6.42 Å². The summed E-state index contributed by atoms with van der Waals surface area (Å²) in [6, 6.07) is 3.23. The third-order valence-corrected chi connectivity index (χ3v) is 5.10. The Morgan fingerprint density at radius 1 is 1.37 bits per heavy atom. The third kappa shape index (κ3) is 2.41. The lowest BCUT2D eigenvalue weighted by molar-refractivity contribution is 0.0697. The van der Waals surface area contributed by atoms with Crippen molar-refractivity contribution in [1.82, 2.24) is 9.88 Å². The van der Waals surface area contributed by atoms with E-state index in [1.54, 1.807) is 0 Å². The number of hydrogen-bond acceptors (Lipinski definition) is 3. The molecule has 1 aromatic rings. The van der Waals surface area contributed by atoms with E-state index in [2.05, 4.69) is 22.9 Å². The molecule has 2 fully saturated rings. The highest BCUT2D eigenvalue weighted by Gasteiger charge is 2.38. The summed E-state index contributed by atoms with van der Waals surface area (Å²) in [6.07, 6.45) is 10.8. The lowest BCUT2D eigenvalue weighted by Crippen LogP contribution is -2.47. The molecular formula is C16H25N3. The van der Waals surface area contributed by atoms with E-state index in [9.17, 15) is 0 Å². The Hall–Kier alpha value is -0.930. The Balaban J connectivity index is 1.87. The first-order chi connectivity index (χ1) is 9.31. The first-order valence-electron chi connectivity index (χ1n) is 7.67. The minimum atomic E-state index is 0.361. The van der Waals surface area contributed by atoms with Crippen molar-refractivity contribution >= 4 is 0 Å². The van der Waals surface area contributed by atoms with Gasteiger partial charge in [0.2, 0.25) is 0 Å². The fraction of sp³-hybridized carbons (Fsp3) is 0.688. The monoisotopic (exact) mass is 259 g/mol. The van der Waals surface area contributed by atoms with Crippen molar-refractivity contribution in [3.63, 3.8) is 0 Å². The summed E-state index contributed by atoms with van der Waals surface area (Å²) < 4.78 is 0. The first kappa shape index (κ1) is 13.1. The van der Waals surface area contributed by atoms with Crippen LogP contribution in [0.4, 0.5) is 0 Å². The number of nitrogens with zero attached hydrogens (tertiary/aromatic N) is 2. The molecule has 0 amide bonds. The molecule has 1 saturated heterocycles. The zero-order valence-electron chi connectivity index (χ0n) is 11.9. The third-order valence-electron chi connectivity index (χ3n) is 5.10. The minimum Gasteiger partial charge on any atom is -0.329 e. The van der Waals surface area contributed by atoms with Crippen LogP contribution in [0.5, 0.6) is 0 Å². The molecule has 1 aliphatic heterocycles. The summed E-state index contributed by atoms with van der Waals surface area (Å²) in [5, 5.41) is 0. The molecule has 2 heterocycles. The van der Waals surface area contributed by atoms with Crippen molar-refractivity contribution in [2.24, 2.45) is 11.7 Å². The summed E-state index contributed by atoms with van der Waals surface area (Å²) in [5.41, 5.74) is 8.77. The van der Waals surface area contributed by atoms with Crippen LogP contribution < -0.4 is 5.73 Å². The molecule has 19 heavy (non-hydrogen) atoms. The molecule has 3 unspecified atom stereocenters. The summed E-state index contributed by atoms with van der Waals surface area (Å²) in [6.45, 7) is 4.09. The van der Waals surface area contributed by atoms with Crippen LogP contribution in [0.2, 0.25) is 0 Å². The molecule has 2 N–H and O–H groups in total. The highest BCUT2D eigenvalue weighted by atomic mass is 15.2. The van der Waals surface area contributed by atoms with Gasteiger partial charge in [0.25, 0.3) is 0 Å². The van der Waals surface area contributed by atoms with E-state index in [-0.39, 0.29) is 0 Å². The van der Waals surface area contributed by atoms with E-state index in [0.717, 1.165) is 12.0 Å². The Labute approximate surface area is 116 Å². The van der Waals surface area contributed by atoms with Gasteiger partial charge in [0.05, 0.1) is 0 Å². The van der Waals surface area contributed by atoms with Crippen LogP contribution in [-0.2, 0) is 0 Å². The van der Waals surface area contributed by atoms with E-state index in [0.29, 0.717) is 12.6 Å². The molecular weight excluding hydrogens is 234 g/mol. The number of fused-ring (bicyclic) bond motifs is 1. The SMILES string of the molecule is Cc1ccncc1C(CN)N1CCCC2CCCC21. The lowest BCUT2D eigenvalue weighted by Gasteiger charge is -2.43. The smallest absolute Gasteiger partial charge is 0.0491 e. The molecule has 1 aliphatic carbocycles. The standard InChI is InChI=1S/C16H25N3/c1-12-7-8-18-11-14(12)16(10-17)19-9-3-5-13-4-2-6-15(13)19/h7-8,11,13,15-16H,2-6,9-10,17H2,1H3. The lowest BCUT2D eigenvalue weighted by atomic mass is 9.89. The normalized spacial score (nSPS) is 29.2. The first-order valence-corrected chi connectivity index (χ1v) is 7.67. The molecule has 104 valence electrons. The highest BCUT2D eigenvalue weighted by molar-refractivity contribution is 5.26. The number of aromatic nitrogens is 1. The van der Waals surface area contributed by atoms with Crippen molar-refractivity contribution < 1.29 is 0 Å². The number of hydrogen-bond donors (Lipinski definition) is 1. The van der Waals surface area contributed by atoms with Crippen LogP contribution in [-0.4, -0.2) is 29.0 Å². The predicted molar refractivity (Wildman–Crippen MR) is 77.8 cm³/mol. The molecule has 0 aromatic carbocycles. The molecule has 3 nitrogen and oxygen atoms in total. The molecule has 3 heteroatoms. The Bertz CT molecular complexity index is 432. The molecule has 1 aromatic heterocycles. The predicted octanol–water partition coefficient (Wildman–Crippen LogP) is 2.65. The maximum absolute atomic E-state index is 6.12. The Kier molecular flexibility index (Phi) is 3.85. The van der Waals surface area contributed by atoms with Crippen molar-refractivity contribution in [1.29, 1.82) is 0 Å². The van der Waals surface area contributed by atoms with Crippen LogP contribution in [0.1, 0.15) is 49.3 Å². The largest absolute Gasteiger partial charge is 0.329 e. The number of likely N-dealkylation sites (tertiary alicyclic amines) is 1. The molecule has 0 radical (unpaired) electrons. The van der Waals surface area contributed by atoms with Crippen LogP contribution in [0.3, 0.4) is 0 Å². The van der Waals surface area contributed by atoms with E-state index < -0.39 is 0 Å². The average Bonchev–Trinajstić information content (AvgIpc) is 2.91. The number of nitrogens with two attached hydrogens (primary N) is 1. The number of aryl methyl sites for hydroxylation is 1. The van der Waals surface area contributed by atoms with Gasteiger partial charge in [0, 0.05) is 31.0 Å². The summed E-state index contributed by atoms with van der Waals surface area (Å²) in [4.78, 5) is 7.00.